The molecule has 0 saturated carbocycles. The molecule has 0 aliphatic carbocycles. The van der Waals surface area contributed by atoms with Gasteiger partial charge in [-0.25, -0.2) is 4.98 Å². The van der Waals surface area contributed by atoms with Crippen LogP contribution in [0, 0.1) is 6.92 Å². The molecular formula is C17H15N3O3. The summed E-state index contributed by atoms with van der Waals surface area (Å²) < 4.78 is 7.08. The Hall–Kier alpha value is -3.15. The van der Waals surface area contributed by atoms with Crippen molar-refractivity contribution in [2.45, 2.75) is 13.5 Å². The van der Waals surface area contributed by atoms with E-state index in [0.717, 1.165) is 5.56 Å². The Kier molecular flexibility index (Phi) is 3.80. The van der Waals surface area contributed by atoms with Gasteiger partial charge in [-0.15, -0.1) is 0 Å². The van der Waals surface area contributed by atoms with E-state index in [1.807, 2.05) is 19.1 Å². The zero-order valence-corrected chi connectivity index (χ0v) is 12.5. The topological polar surface area (TPSA) is 86.7 Å². The Balaban J connectivity index is 1.81. The molecule has 6 heteroatoms. The Morgan fingerprint density at radius 2 is 1.96 bits per heavy atom. The van der Waals surface area contributed by atoms with Gasteiger partial charge in [-0.05, 0) is 48.9 Å². The lowest BCUT2D eigenvalue weighted by atomic mass is 10.2. The summed E-state index contributed by atoms with van der Waals surface area (Å²) in [7, 11) is 0. The highest BCUT2D eigenvalue weighted by molar-refractivity contribution is 5.92. The average Bonchev–Trinajstić information content (AvgIpc) is 2.53. The number of amides is 1. The first-order valence-electron chi connectivity index (χ1n) is 7.04. The van der Waals surface area contributed by atoms with E-state index in [9.17, 15) is 9.59 Å². The summed E-state index contributed by atoms with van der Waals surface area (Å²) in [6, 6.07) is 11.6. The van der Waals surface area contributed by atoms with E-state index in [1.54, 1.807) is 30.5 Å². The largest absolute Gasteiger partial charge is 0.487 e. The first kappa shape index (κ1) is 14.8. The number of hydrogen-bond donors (Lipinski definition) is 1. The van der Waals surface area contributed by atoms with Gasteiger partial charge in [-0.2, -0.15) is 0 Å². The molecule has 3 rings (SSSR count). The molecule has 0 radical (unpaired) electrons. The lowest BCUT2D eigenvalue weighted by Crippen LogP contribution is -2.16. The second-order valence-electron chi connectivity index (χ2n) is 5.20. The highest BCUT2D eigenvalue weighted by atomic mass is 16.5. The maximum atomic E-state index is 12.1. The van der Waals surface area contributed by atoms with Crippen LogP contribution in [0.5, 0.6) is 5.75 Å². The van der Waals surface area contributed by atoms with Crippen LogP contribution in [-0.4, -0.2) is 15.3 Å². The highest BCUT2D eigenvalue weighted by Crippen LogP contribution is 2.13. The molecule has 0 aliphatic rings. The molecule has 0 atom stereocenters. The number of carbonyl (C=O) groups excluding carboxylic acids is 1. The lowest BCUT2D eigenvalue weighted by Gasteiger charge is -2.07. The monoisotopic (exact) mass is 309 g/mol. The third-order valence-corrected chi connectivity index (χ3v) is 3.40. The van der Waals surface area contributed by atoms with Crippen molar-refractivity contribution in [2.75, 3.05) is 0 Å². The molecular weight excluding hydrogens is 294 g/mol. The fraction of sp³-hybridized carbons (Fsp3) is 0.118. The second-order valence-corrected chi connectivity index (χ2v) is 5.20. The summed E-state index contributed by atoms with van der Waals surface area (Å²) >= 11 is 0. The first-order valence-corrected chi connectivity index (χ1v) is 7.04. The van der Waals surface area contributed by atoms with Gasteiger partial charge in [0.1, 0.15) is 18.0 Å². The smallest absolute Gasteiger partial charge is 0.258 e. The van der Waals surface area contributed by atoms with Crippen LogP contribution < -0.4 is 16.0 Å². The molecule has 6 nitrogen and oxygen atoms in total. The van der Waals surface area contributed by atoms with Gasteiger partial charge in [0.25, 0.3) is 5.56 Å². The lowest BCUT2D eigenvalue weighted by molar-refractivity contribution is 0.1000. The van der Waals surface area contributed by atoms with Crippen molar-refractivity contribution in [1.82, 2.24) is 9.38 Å². The third-order valence-electron chi connectivity index (χ3n) is 3.40. The van der Waals surface area contributed by atoms with Crippen molar-refractivity contribution < 1.29 is 9.53 Å². The van der Waals surface area contributed by atoms with Crippen LogP contribution in [-0.2, 0) is 6.61 Å². The molecule has 3 aromatic rings. The molecule has 2 aromatic heterocycles. The minimum Gasteiger partial charge on any atom is -0.487 e. The van der Waals surface area contributed by atoms with Crippen molar-refractivity contribution >= 4 is 11.6 Å². The summed E-state index contributed by atoms with van der Waals surface area (Å²) in [5.74, 6) is 0.0809. The van der Waals surface area contributed by atoms with Crippen molar-refractivity contribution in [3.05, 3.63) is 75.8 Å². The molecule has 0 fully saturated rings. The van der Waals surface area contributed by atoms with Gasteiger partial charge in [-0.1, -0.05) is 0 Å². The van der Waals surface area contributed by atoms with Crippen LogP contribution in [0.3, 0.4) is 0 Å². The Morgan fingerprint density at radius 1 is 1.22 bits per heavy atom. The van der Waals surface area contributed by atoms with E-state index in [2.05, 4.69) is 4.98 Å². The molecule has 0 unspecified atom stereocenters. The molecule has 2 N–H and O–H groups in total. The van der Waals surface area contributed by atoms with Gasteiger partial charge >= 0.3 is 0 Å². The van der Waals surface area contributed by atoms with Crippen LogP contribution in [0.4, 0.5) is 0 Å². The number of rotatable bonds is 4. The van der Waals surface area contributed by atoms with Crippen molar-refractivity contribution in [3.63, 3.8) is 0 Å². The first-order chi connectivity index (χ1) is 11.0. The third kappa shape index (κ3) is 3.21. The number of aromatic nitrogens is 2. The van der Waals surface area contributed by atoms with Crippen molar-refractivity contribution in [1.29, 1.82) is 0 Å². The Labute approximate surface area is 132 Å². The van der Waals surface area contributed by atoms with Crippen molar-refractivity contribution in [3.8, 4) is 5.75 Å². The number of nitrogens with two attached hydrogens (primary N) is 1. The van der Waals surface area contributed by atoms with Gasteiger partial charge in [0, 0.05) is 17.8 Å². The number of carbonyl (C=O) groups is 1. The van der Waals surface area contributed by atoms with E-state index in [0.29, 0.717) is 22.7 Å². The summed E-state index contributed by atoms with van der Waals surface area (Å²) in [6.07, 6.45) is 1.70. The molecule has 1 aromatic carbocycles. The van der Waals surface area contributed by atoms with E-state index < -0.39 is 5.91 Å². The number of hydrogen-bond acceptors (Lipinski definition) is 4. The average molecular weight is 309 g/mol. The number of primary amides is 1. The van der Waals surface area contributed by atoms with Gasteiger partial charge in [0.2, 0.25) is 5.91 Å². The number of pyridine rings is 1. The Bertz CT molecular complexity index is 930. The number of nitrogens with zero attached hydrogens (tertiary/aromatic N) is 2. The molecule has 23 heavy (non-hydrogen) atoms. The summed E-state index contributed by atoms with van der Waals surface area (Å²) in [5.41, 5.74) is 7.59. The molecule has 0 aliphatic heterocycles. The fourth-order valence-electron chi connectivity index (χ4n) is 2.20. The van der Waals surface area contributed by atoms with E-state index in [4.69, 9.17) is 10.5 Å². The van der Waals surface area contributed by atoms with Gasteiger partial charge < -0.3 is 10.5 Å². The molecule has 0 saturated heterocycles. The van der Waals surface area contributed by atoms with E-state index >= 15 is 0 Å². The summed E-state index contributed by atoms with van der Waals surface area (Å²) in [5, 5.41) is 0. The molecule has 0 bridgehead atoms. The predicted molar refractivity (Wildman–Crippen MR) is 85.5 cm³/mol. The maximum absolute atomic E-state index is 12.1. The molecule has 2 heterocycles. The van der Waals surface area contributed by atoms with E-state index in [1.165, 1.54) is 10.5 Å². The van der Waals surface area contributed by atoms with Crippen LogP contribution >= 0.6 is 0 Å². The van der Waals surface area contributed by atoms with Gasteiger partial charge in [0.05, 0.1) is 5.69 Å². The molecule has 1 amide bonds. The van der Waals surface area contributed by atoms with Crippen LogP contribution in [0.25, 0.3) is 5.65 Å². The minimum absolute atomic E-state index is 0.155. The van der Waals surface area contributed by atoms with E-state index in [-0.39, 0.29) is 12.2 Å². The number of benzene rings is 1. The maximum Gasteiger partial charge on any atom is 0.258 e. The van der Waals surface area contributed by atoms with Crippen LogP contribution in [0.1, 0.15) is 21.6 Å². The zero-order valence-electron chi connectivity index (χ0n) is 12.5. The minimum atomic E-state index is -0.490. The number of ether oxygens (including phenoxy) is 1. The number of fused-ring (bicyclic) bond motifs is 1. The second kappa shape index (κ2) is 5.92. The SMILES string of the molecule is Cc1ccn2c(=O)cc(COc3ccc(C(N)=O)cc3)nc2c1. The summed E-state index contributed by atoms with van der Waals surface area (Å²) in [4.78, 5) is 27.5. The zero-order chi connectivity index (χ0) is 16.4. The fourth-order valence-corrected chi connectivity index (χ4v) is 2.20. The van der Waals surface area contributed by atoms with Crippen molar-refractivity contribution in [2.24, 2.45) is 5.73 Å². The normalized spacial score (nSPS) is 10.7. The molecule has 0 spiro atoms. The molecule has 116 valence electrons. The van der Waals surface area contributed by atoms with Gasteiger partial charge in [-0.3, -0.25) is 14.0 Å². The highest BCUT2D eigenvalue weighted by Gasteiger charge is 2.05. The standard InChI is InChI=1S/C17H15N3O3/c1-11-6-7-20-15(8-11)19-13(9-16(20)21)10-23-14-4-2-12(3-5-14)17(18)22/h2-9H,10H2,1H3,(H2,18,22). The number of aryl methyl sites for hydroxylation is 1. The quantitative estimate of drug-likeness (QED) is 0.794. The Morgan fingerprint density at radius 3 is 2.65 bits per heavy atom. The van der Waals surface area contributed by atoms with Crippen LogP contribution in [0.2, 0.25) is 0 Å². The van der Waals surface area contributed by atoms with Gasteiger partial charge in [0.15, 0.2) is 0 Å². The van der Waals surface area contributed by atoms with Crippen LogP contribution in [0.15, 0.2) is 53.5 Å². The summed E-state index contributed by atoms with van der Waals surface area (Å²) in [6.45, 7) is 2.10. The predicted octanol–water partition coefficient (Wildman–Crippen LogP) is 1.68.